The Labute approximate surface area is 182 Å². The number of benzene rings is 2. The van der Waals surface area contributed by atoms with Crippen molar-refractivity contribution >= 4 is 38.8 Å². The predicted molar refractivity (Wildman–Crippen MR) is 122 cm³/mol. The summed E-state index contributed by atoms with van der Waals surface area (Å²) < 4.78 is 10.5. The lowest BCUT2D eigenvalue weighted by atomic mass is 9.96. The van der Waals surface area contributed by atoms with Crippen LogP contribution in [0.1, 0.15) is 20.8 Å². The number of nitrogens with two attached hydrogens (primary N) is 2. The minimum absolute atomic E-state index is 0.0974. The maximum Gasteiger partial charge on any atom is 0.205 e. The molecular weight excluding hydrogens is 412 g/mol. The van der Waals surface area contributed by atoms with Gasteiger partial charge < -0.3 is 20.9 Å². The van der Waals surface area contributed by atoms with E-state index >= 15 is 0 Å². The Morgan fingerprint density at radius 2 is 1.77 bits per heavy atom. The van der Waals surface area contributed by atoms with Crippen molar-refractivity contribution in [3.05, 3.63) is 64.5 Å². The average Bonchev–Trinajstić information content (AvgIpc) is 3.13. The second kappa shape index (κ2) is 7.97. The first-order valence-corrected chi connectivity index (χ1v) is 10.1. The maximum atomic E-state index is 13.3. The fourth-order valence-corrected chi connectivity index (χ4v) is 4.53. The molecule has 31 heavy (non-hydrogen) atoms. The van der Waals surface area contributed by atoms with Crippen LogP contribution in [0.2, 0.25) is 0 Å². The monoisotopic (exact) mass is 430 g/mol. The quantitative estimate of drug-likeness (QED) is 0.454. The molecular formula is C23H18N4O3S. The number of hydrogen-bond acceptors (Lipinski definition) is 8. The third-order valence-corrected chi connectivity index (χ3v) is 6.03. The van der Waals surface area contributed by atoms with Crippen LogP contribution in [0.3, 0.4) is 0 Å². The first-order valence-electron chi connectivity index (χ1n) is 9.23. The number of nitriles is 1. The molecule has 0 aliphatic heterocycles. The lowest BCUT2D eigenvalue weighted by molar-refractivity contribution is 0.104. The number of carbonyl (C=O) groups is 1. The Morgan fingerprint density at radius 1 is 1.06 bits per heavy atom. The van der Waals surface area contributed by atoms with Gasteiger partial charge in [-0.2, -0.15) is 5.26 Å². The molecule has 0 aliphatic carbocycles. The Hall–Kier alpha value is -4.09. The van der Waals surface area contributed by atoms with Crippen molar-refractivity contribution in [1.82, 2.24) is 4.98 Å². The number of anilines is 2. The van der Waals surface area contributed by atoms with Gasteiger partial charge in [-0.25, -0.2) is 4.98 Å². The van der Waals surface area contributed by atoms with Crippen molar-refractivity contribution in [1.29, 1.82) is 5.26 Å². The molecule has 8 heteroatoms. The van der Waals surface area contributed by atoms with Crippen molar-refractivity contribution in [3.8, 4) is 28.7 Å². The van der Waals surface area contributed by atoms with Gasteiger partial charge in [0.05, 0.1) is 19.9 Å². The molecule has 4 rings (SSSR count). The zero-order chi connectivity index (χ0) is 22.1. The molecule has 0 bridgehead atoms. The fourth-order valence-electron chi connectivity index (χ4n) is 3.45. The summed E-state index contributed by atoms with van der Waals surface area (Å²) in [4.78, 5) is 18.5. The molecule has 0 aliphatic rings. The summed E-state index contributed by atoms with van der Waals surface area (Å²) in [7, 11) is 3.03. The van der Waals surface area contributed by atoms with Crippen molar-refractivity contribution < 1.29 is 14.3 Å². The smallest absolute Gasteiger partial charge is 0.205 e. The summed E-state index contributed by atoms with van der Waals surface area (Å²) in [6, 6.07) is 16.4. The summed E-state index contributed by atoms with van der Waals surface area (Å²) in [6.07, 6.45) is 0. The van der Waals surface area contributed by atoms with Crippen molar-refractivity contribution in [2.45, 2.75) is 0 Å². The summed E-state index contributed by atoms with van der Waals surface area (Å²) in [6.45, 7) is 0. The number of ketones is 1. The van der Waals surface area contributed by atoms with E-state index < -0.39 is 0 Å². The van der Waals surface area contributed by atoms with E-state index in [0.717, 1.165) is 16.9 Å². The second-order valence-electron chi connectivity index (χ2n) is 6.65. The zero-order valence-electron chi connectivity index (χ0n) is 16.8. The molecule has 4 N–H and O–H groups in total. The van der Waals surface area contributed by atoms with E-state index in [1.54, 1.807) is 18.2 Å². The SMILES string of the molecule is COc1ccc(C(=O)c2sc3nc(N)c(C#N)c(-c4ccccc4)c3c2N)cc1OC. The Morgan fingerprint density at radius 3 is 2.42 bits per heavy atom. The van der Waals surface area contributed by atoms with E-state index in [1.807, 2.05) is 30.3 Å². The van der Waals surface area contributed by atoms with Gasteiger partial charge in [0.1, 0.15) is 27.2 Å². The molecule has 0 fully saturated rings. The highest BCUT2D eigenvalue weighted by atomic mass is 32.1. The normalized spacial score (nSPS) is 10.6. The van der Waals surface area contributed by atoms with Crippen LogP contribution in [-0.4, -0.2) is 25.0 Å². The highest BCUT2D eigenvalue weighted by Gasteiger charge is 2.25. The Balaban J connectivity index is 1.95. The molecule has 7 nitrogen and oxygen atoms in total. The highest BCUT2D eigenvalue weighted by Crippen LogP contribution is 2.43. The van der Waals surface area contributed by atoms with Crippen molar-refractivity contribution in [3.63, 3.8) is 0 Å². The second-order valence-corrected chi connectivity index (χ2v) is 7.65. The van der Waals surface area contributed by atoms with Gasteiger partial charge in [-0.3, -0.25) is 4.79 Å². The van der Waals surface area contributed by atoms with Gasteiger partial charge in [-0.15, -0.1) is 11.3 Å². The summed E-state index contributed by atoms with van der Waals surface area (Å²) in [5.74, 6) is 0.771. The number of fused-ring (bicyclic) bond motifs is 1. The lowest BCUT2D eigenvalue weighted by Crippen LogP contribution is -2.03. The number of aromatic nitrogens is 1. The standard InChI is InChI=1S/C23H18N4O3S/c1-29-15-9-8-13(10-16(15)30-2)20(28)21-19(25)18-17(12-6-4-3-5-7-12)14(11-24)22(26)27-23(18)31-21/h3-10H,25H2,1-2H3,(H2,26,27). The van der Waals surface area contributed by atoms with E-state index in [2.05, 4.69) is 11.1 Å². The van der Waals surface area contributed by atoms with Crippen LogP contribution in [0.15, 0.2) is 48.5 Å². The minimum atomic E-state index is -0.280. The van der Waals surface area contributed by atoms with Crippen LogP contribution in [0.5, 0.6) is 11.5 Å². The molecule has 0 saturated carbocycles. The van der Waals surface area contributed by atoms with Crippen LogP contribution in [0, 0.1) is 11.3 Å². The Bertz CT molecular complexity index is 1360. The van der Waals surface area contributed by atoms with Crippen molar-refractivity contribution in [2.24, 2.45) is 0 Å². The summed E-state index contributed by atoms with van der Waals surface area (Å²) in [5.41, 5.74) is 14.8. The van der Waals surface area contributed by atoms with E-state index in [1.165, 1.54) is 14.2 Å². The van der Waals surface area contributed by atoms with Crippen LogP contribution >= 0.6 is 11.3 Å². The molecule has 2 heterocycles. The largest absolute Gasteiger partial charge is 0.493 e. The van der Waals surface area contributed by atoms with E-state index in [4.69, 9.17) is 20.9 Å². The number of carbonyl (C=O) groups excluding carboxylic acids is 1. The molecule has 0 unspecified atom stereocenters. The molecule has 4 aromatic rings. The van der Waals surface area contributed by atoms with Gasteiger partial charge in [-0.1, -0.05) is 30.3 Å². The van der Waals surface area contributed by atoms with E-state index in [0.29, 0.717) is 37.7 Å². The van der Waals surface area contributed by atoms with Crippen LogP contribution in [0.25, 0.3) is 21.3 Å². The van der Waals surface area contributed by atoms with Gasteiger partial charge in [0.25, 0.3) is 0 Å². The molecule has 0 amide bonds. The number of rotatable bonds is 5. The molecule has 2 aromatic carbocycles. The zero-order valence-corrected chi connectivity index (χ0v) is 17.6. The molecule has 0 saturated heterocycles. The number of nitrogen functional groups attached to an aromatic ring is 2. The van der Waals surface area contributed by atoms with Gasteiger partial charge >= 0.3 is 0 Å². The average molecular weight is 430 g/mol. The van der Waals surface area contributed by atoms with Crippen LogP contribution < -0.4 is 20.9 Å². The lowest BCUT2D eigenvalue weighted by Gasteiger charge is -2.10. The molecule has 0 radical (unpaired) electrons. The number of hydrogen-bond donors (Lipinski definition) is 2. The van der Waals surface area contributed by atoms with Gasteiger partial charge in [0.15, 0.2) is 11.5 Å². The Kier molecular flexibility index (Phi) is 5.19. The molecule has 2 aromatic heterocycles. The number of methoxy groups -OCH3 is 2. The van der Waals surface area contributed by atoms with Gasteiger partial charge in [-0.05, 0) is 23.8 Å². The molecule has 0 atom stereocenters. The van der Waals surface area contributed by atoms with E-state index in [9.17, 15) is 10.1 Å². The van der Waals surface area contributed by atoms with Gasteiger partial charge in [0.2, 0.25) is 5.78 Å². The first-order chi connectivity index (χ1) is 15.0. The summed E-state index contributed by atoms with van der Waals surface area (Å²) in [5, 5.41) is 10.3. The maximum absolute atomic E-state index is 13.3. The third kappa shape index (κ3) is 3.31. The van der Waals surface area contributed by atoms with Crippen LogP contribution in [-0.2, 0) is 0 Å². The molecule has 154 valence electrons. The number of ether oxygens (including phenoxy) is 2. The summed E-state index contributed by atoms with van der Waals surface area (Å²) >= 11 is 1.15. The van der Waals surface area contributed by atoms with Crippen molar-refractivity contribution in [2.75, 3.05) is 25.7 Å². The minimum Gasteiger partial charge on any atom is -0.493 e. The van der Waals surface area contributed by atoms with Crippen LogP contribution in [0.4, 0.5) is 11.5 Å². The first kappa shape index (κ1) is 20.2. The fraction of sp³-hybridized carbons (Fsp3) is 0.0870. The third-order valence-electron chi connectivity index (χ3n) is 4.93. The topological polar surface area (TPSA) is 124 Å². The highest BCUT2D eigenvalue weighted by molar-refractivity contribution is 7.21. The van der Waals surface area contributed by atoms with Gasteiger partial charge in [0, 0.05) is 16.5 Å². The molecule has 0 spiro atoms. The predicted octanol–water partition coefficient (Wildman–Crippen LogP) is 4.25. The van der Waals surface area contributed by atoms with E-state index in [-0.39, 0.29) is 22.9 Å². The number of pyridine rings is 1. The number of nitrogens with zero attached hydrogens (tertiary/aromatic N) is 2. The number of thiophene rings is 1.